The van der Waals surface area contributed by atoms with Crippen LogP contribution < -0.4 is 16.0 Å². The number of thiophene rings is 1. The number of ether oxygens (including phenoxy) is 1. The zero-order valence-corrected chi connectivity index (χ0v) is 17.4. The summed E-state index contributed by atoms with van der Waals surface area (Å²) in [5, 5.41) is 9.15. The Morgan fingerprint density at radius 3 is 2.84 bits per heavy atom. The Hall–Kier alpha value is -3.44. The van der Waals surface area contributed by atoms with Crippen LogP contribution in [0.2, 0.25) is 0 Å². The van der Waals surface area contributed by atoms with E-state index in [1.54, 1.807) is 29.9 Å². The number of carbonyl (C=O) groups is 3. The van der Waals surface area contributed by atoms with E-state index < -0.39 is 23.2 Å². The third kappa shape index (κ3) is 4.84. The molecule has 1 unspecified atom stereocenters. The van der Waals surface area contributed by atoms with Gasteiger partial charge in [0.2, 0.25) is 0 Å². The Balaban J connectivity index is 1.33. The number of aromatic nitrogens is 1. The molecule has 1 aromatic carbocycles. The van der Waals surface area contributed by atoms with Crippen molar-refractivity contribution in [2.75, 3.05) is 10.6 Å². The molecule has 0 bridgehead atoms. The first-order chi connectivity index (χ1) is 15.0. The fourth-order valence-electron chi connectivity index (χ4n) is 2.73. The molecule has 3 aromatic rings. The smallest absolute Gasteiger partial charge is 0.414 e. The highest BCUT2D eigenvalue weighted by Gasteiger charge is 2.29. The van der Waals surface area contributed by atoms with Crippen LogP contribution in [-0.2, 0) is 16.1 Å². The first-order valence-corrected chi connectivity index (χ1v) is 10.7. The topological polar surface area (TPSA) is 109 Å². The number of halogens is 1. The van der Waals surface area contributed by atoms with Crippen molar-refractivity contribution in [2.24, 2.45) is 0 Å². The molecular weight excluding hydrogens is 443 g/mol. The fourth-order valence-corrected chi connectivity index (χ4v) is 4.50. The van der Waals surface area contributed by atoms with E-state index in [1.165, 1.54) is 36.0 Å². The zero-order valence-electron chi connectivity index (χ0n) is 15.8. The lowest BCUT2D eigenvalue weighted by atomic mass is 10.2. The molecular formula is C20H15FN4O4S2. The molecule has 4 rings (SSSR count). The Morgan fingerprint density at radius 1 is 1.19 bits per heavy atom. The summed E-state index contributed by atoms with van der Waals surface area (Å²) in [5.41, 5.74) is 1.06. The van der Waals surface area contributed by atoms with E-state index >= 15 is 0 Å². The van der Waals surface area contributed by atoms with E-state index in [-0.39, 0.29) is 23.6 Å². The minimum absolute atomic E-state index is 0.114. The van der Waals surface area contributed by atoms with Crippen LogP contribution >= 0.6 is 23.1 Å². The molecule has 8 nitrogen and oxygen atoms in total. The summed E-state index contributed by atoms with van der Waals surface area (Å²) in [7, 11) is 0. The van der Waals surface area contributed by atoms with Gasteiger partial charge in [-0.25, -0.2) is 9.18 Å². The van der Waals surface area contributed by atoms with Crippen LogP contribution in [-0.4, -0.2) is 28.3 Å². The number of carbonyl (C=O) groups excluding carboxylic acids is 3. The first kappa shape index (κ1) is 20.8. The molecule has 3 N–H and O–H groups in total. The number of nitrogens with zero attached hydrogens (tertiary/aromatic N) is 1. The maximum absolute atomic E-state index is 13.6. The molecule has 1 aliphatic heterocycles. The normalized spacial score (nSPS) is 14.3. The molecule has 0 saturated heterocycles. The number of rotatable bonds is 5. The van der Waals surface area contributed by atoms with Gasteiger partial charge in [0, 0.05) is 16.7 Å². The Morgan fingerprint density at radius 2 is 2.03 bits per heavy atom. The molecule has 2 aromatic heterocycles. The molecule has 0 aliphatic carbocycles. The first-order valence-electron chi connectivity index (χ1n) is 8.98. The van der Waals surface area contributed by atoms with Gasteiger partial charge in [0.25, 0.3) is 11.8 Å². The lowest BCUT2D eigenvalue weighted by Gasteiger charge is -2.11. The van der Waals surface area contributed by atoms with E-state index in [0.29, 0.717) is 5.00 Å². The van der Waals surface area contributed by atoms with Crippen molar-refractivity contribution in [3.8, 4) is 0 Å². The number of alkyl carbamates (subject to hydrolysis) is 1. The minimum atomic E-state index is -1.02. The van der Waals surface area contributed by atoms with Gasteiger partial charge in [-0.05, 0) is 23.6 Å². The minimum Gasteiger partial charge on any atom is -0.444 e. The average molecular weight is 458 g/mol. The third-order valence-corrected chi connectivity index (χ3v) is 6.24. The van der Waals surface area contributed by atoms with Crippen LogP contribution in [0.25, 0.3) is 0 Å². The number of pyridine rings is 1. The van der Waals surface area contributed by atoms with Crippen LogP contribution in [0.15, 0.2) is 59.1 Å². The Bertz CT molecular complexity index is 1130. The quantitative estimate of drug-likeness (QED) is 0.533. The summed E-state index contributed by atoms with van der Waals surface area (Å²) in [5.74, 6) is -1.60. The van der Waals surface area contributed by atoms with Gasteiger partial charge >= 0.3 is 6.09 Å². The number of hydrogen-bond donors (Lipinski definition) is 3. The van der Waals surface area contributed by atoms with Crippen LogP contribution in [0.4, 0.5) is 19.9 Å². The molecule has 0 fully saturated rings. The van der Waals surface area contributed by atoms with Gasteiger partial charge in [-0.2, -0.15) is 0 Å². The molecule has 0 saturated carbocycles. The van der Waals surface area contributed by atoms with E-state index in [9.17, 15) is 18.8 Å². The molecule has 3 amide bonds. The van der Waals surface area contributed by atoms with Crippen molar-refractivity contribution in [2.45, 2.75) is 16.9 Å². The number of imide groups is 1. The standard InChI is InChI=1S/C20H15FN4O4S2/c21-13-4-2-1-3-11(13)10-29-20(28)25-16(26)12-6-8-30-18(12)24-17(27)19-23-14-9-22-7-5-15(14)31-19/h1-9,19,23H,10H2,(H,24,27)(H,25,26,28). The van der Waals surface area contributed by atoms with Crippen molar-refractivity contribution in [1.82, 2.24) is 10.3 Å². The molecule has 3 heterocycles. The maximum atomic E-state index is 13.6. The number of anilines is 2. The van der Waals surface area contributed by atoms with E-state index in [1.807, 2.05) is 0 Å². The van der Waals surface area contributed by atoms with Gasteiger partial charge in [0.15, 0.2) is 5.37 Å². The number of amides is 3. The number of nitrogens with one attached hydrogen (secondary N) is 3. The highest BCUT2D eigenvalue weighted by Crippen LogP contribution is 2.38. The molecule has 31 heavy (non-hydrogen) atoms. The van der Waals surface area contributed by atoms with Gasteiger partial charge in [0.05, 0.1) is 17.4 Å². The lowest BCUT2D eigenvalue weighted by molar-refractivity contribution is -0.115. The second-order valence-corrected chi connectivity index (χ2v) is 8.35. The van der Waals surface area contributed by atoms with Gasteiger partial charge in [-0.3, -0.25) is 19.9 Å². The molecule has 1 aliphatic rings. The highest BCUT2D eigenvalue weighted by atomic mass is 32.2. The van der Waals surface area contributed by atoms with Gasteiger partial charge in [0.1, 0.15) is 17.4 Å². The number of thioether (sulfide) groups is 1. The summed E-state index contributed by atoms with van der Waals surface area (Å²) < 4.78 is 18.5. The number of fused-ring (bicyclic) bond motifs is 1. The van der Waals surface area contributed by atoms with Gasteiger partial charge < -0.3 is 15.4 Å². The Kier molecular flexibility index (Phi) is 6.14. The number of hydrogen-bond acceptors (Lipinski definition) is 8. The van der Waals surface area contributed by atoms with E-state index in [0.717, 1.165) is 21.9 Å². The maximum Gasteiger partial charge on any atom is 0.414 e. The van der Waals surface area contributed by atoms with Crippen LogP contribution in [0.3, 0.4) is 0 Å². The Labute approximate surface area is 184 Å². The van der Waals surface area contributed by atoms with Crippen molar-refractivity contribution in [3.63, 3.8) is 0 Å². The molecule has 11 heteroatoms. The predicted octanol–water partition coefficient (Wildman–Crippen LogP) is 3.83. The molecule has 0 spiro atoms. The van der Waals surface area contributed by atoms with Gasteiger partial charge in [-0.1, -0.05) is 30.0 Å². The lowest BCUT2D eigenvalue weighted by Crippen LogP contribution is -2.33. The summed E-state index contributed by atoms with van der Waals surface area (Å²) in [4.78, 5) is 41.9. The SMILES string of the molecule is O=C(NC(=O)c1ccsc1NC(=O)C1Nc2cnccc2S1)OCc1ccccc1F. The van der Waals surface area contributed by atoms with Crippen LogP contribution in [0, 0.1) is 5.82 Å². The second kappa shape index (κ2) is 9.14. The van der Waals surface area contributed by atoms with E-state index in [2.05, 4.69) is 20.9 Å². The van der Waals surface area contributed by atoms with E-state index in [4.69, 9.17) is 4.74 Å². The van der Waals surface area contributed by atoms with Crippen molar-refractivity contribution < 1.29 is 23.5 Å². The average Bonchev–Trinajstić information content (AvgIpc) is 3.40. The largest absolute Gasteiger partial charge is 0.444 e. The molecule has 158 valence electrons. The fraction of sp³-hybridized carbons (Fsp3) is 0.100. The van der Waals surface area contributed by atoms with Crippen molar-refractivity contribution >= 4 is 51.7 Å². The number of benzene rings is 1. The summed E-state index contributed by atoms with van der Waals surface area (Å²) in [6.45, 7) is -0.320. The van der Waals surface area contributed by atoms with Crippen molar-refractivity contribution in [3.05, 3.63) is 71.1 Å². The third-order valence-electron chi connectivity index (χ3n) is 4.23. The summed E-state index contributed by atoms with van der Waals surface area (Å²) in [6, 6.07) is 9.13. The molecule has 1 atom stereocenters. The van der Waals surface area contributed by atoms with Crippen LogP contribution in [0.5, 0.6) is 0 Å². The second-order valence-electron chi connectivity index (χ2n) is 6.29. The van der Waals surface area contributed by atoms with Gasteiger partial charge in [-0.15, -0.1) is 11.3 Å². The zero-order chi connectivity index (χ0) is 21.8. The highest BCUT2D eigenvalue weighted by molar-refractivity contribution is 8.01. The summed E-state index contributed by atoms with van der Waals surface area (Å²) >= 11 is 2.48. The molecule has 0 radical (unpaired) electrons. The van der Waals surface area contributed by atoms with Crippen molar-refractivity contribution in [1.29, 1.82) is 0 Å². The predicted molar refractivity (Wildman–Crippen MR) is 115 cm³/mol. The van der Waals surface area contributed by atoms with Crippen LogP contribution in [0.1, 0.15) is 15.9 Å². The summed E-state index contributed by atoms with van der Waals surface area (Å²) in [6.07, 6.45) is 2.25. The monoisotopic (exact) mass is 458 g/mol.